The summed E-state index contributed by atoms with van der Waals surface area (Å²) in [6.07, 6.45) is -4.82. The number of amides is 1. The van der Waals surface area contributed by atoms with Crippen LogP contribution in [0.2, 0.25) is 0 Å². The van der Waals surface area contributed by atoms with E-state index in [1.54, 1.807) is 4.90 Å². The van der Waals surface area contributed by atoms with E-state index in [1.807, 2.05) is 38.1 Å². The molecule has 0 bridgehead atoms. The standard InChI is InChI=1S/C17H23F3N2O2/c1-3-21(10-15(23)13-6-4-12(2)5-7-13)14-8-9-22(16(14)24)11-17(18,19)20/h4-7,14-15,23H,3,8-11H2,1-2H3/t14-,15+/m1/s1. The fourth-order valence-electron chi connectivity index (χ4n) is 3.03. The number of alkyl halides is 3. The van der Waals surface area contributed by atoms with Crippen molar-refractivity contribution in [1.82, 2.24) is 9.80 Å². The largest absolute Gasteiger partial charge is 0.406 e. The fourth-order valence-corrected chi connectivity index (χ4v) is 3.03. The maximum atomic E-state index is 12.5. The highest BCUT2D eigenvalue weighted by molar-refractivity contribution is 5.84. The number of hydrogen-bond donors (Lipinski definition) is 1. The van der Waals surface area contributed by atoms with E-state index in [0.29, 0.717) is 13.0 Å². The number of likely N-dealkylation sites (tertiary alicyclic amines) is 1. The summed E-state index contributed by atoms with van der Waals surface area (Å²) in [7, 11) is 0. The molecule has 1 saturated heterocycles. The van der Waals surface area contributed by atoms with Crippen molar-refractivity contribution in [3.8, 4) is 0 Å². The highest BCUT2D eigenvalue weighted by atomic mass is 19.4. The van der Waals surface area contributed by atoms with Crippen molar-refractivity contribution in [3.63, 3.8) is 0 Å². The first-order valence-corrected chi connectivity index (χ1v) is 8.05. The lowest BCUT2D eigenvalue weighted by Gasteiger charge is -2.29. The Morgan fingerprint density at radius 3 is 2.50 bits per heavy atom. The highest BCUT2D eigenvalue weighted by Gasteiger charge is 2.41. The summed E-state index contributed by atoms with van der Waals surface area (Å²) in [5.41, 5.74) is 1.81. The van der Waals surface area contributed by atoms with Gasteiger partial charge in [-0.05, 0) is 25.5 Å². The Morgan fingerprint density at radius 1 is 1.33 bits per heavy atom. The van der Waals surface area contributed by atoms with Gasteiger partial charge in [-0.25, -0.2) is 0 Å². The van der Waals surface area contributed by atoms with Gasteiger partial charge in [-0.2, -0.15) is 13.2 Å². The molecule has 1 N–H and O–H groups in total. The van der Waals surface area contributed by atoms with Gasteiger partial charge in [0, 0.05) is 13.1 Å². The summed E-state index contributed by atoms with van der Waals surface area (Å²) in [5.74, 6) is -0.509. The van der Waals surface area contributed by atoms with Crippen LogP contribution in [0.3, 0.4) is 0 Å². The summed E-state index contributed by atoms with van der Waals surface area (Å²) in [4.78, 5) is 14.9. The topological polar surface area (TPSA) is 43.8 Å². The third-order valence-electron chi connectivity index (χ3n) is 4.36. The number of aliphatic hydroxyl groups is 1. The molecule has 0 radical (unpaired) electrons. The van der Waals surface area contributed by atoms with E-state index in [1.165, 1.54) is 0 Å². The average Bonchev–Trinajstić information content (AvgIpc) is 2.84. The van der Waals surface area contributed by atoms with Crippen LogP contribution in [0.15, 0.2) is 24.3 Å². The summed E-state index contributed by atoms with van der Waals surface area (Å²) in [6, 6.07) is 6.82. The third kappa shape index (κ3) is 4.70. The Hall–Kier alpha value is -1.60. The van der Waals surface area contributed by atoms with Crippen LogP contribution in [-0.2, 0) is 4.79 Å². The molecule has 1 fully saturated rings. The van der Waals surface area contributed by atoms with Gasteiger partial charge in [0.1, 0.15) is 6.54 Å². The predicted octanol–water partition coefficient (Wildman–Crippen LogP) is 2.51. The summed E-state index contributed by atoms with van der Waals surface area (Å²) >= 11 is 0. The van der Waals surface area contributed by atoms with Gasteiger partial charge in [-0.15, -0.1) is 0 Å². The SMILES string of the molecule is CCN(C[C@H](O)c1ccc(C)cc1)[C@@H]1CCN(CC(F)(F)F)C1=O. The minimum Gasteiger partial charge on any atom is -0.387 e. The number of aliphatic hydroxyl groups excluding tert-OH is 1. The number of benzene rings is 1. The first kappa shape index (κ1) is 18.7. The second-order valence-electron chi connectivity index (χ2n) is 6.19. The number of halogens is 3. The van der Waals surface area contributed by atoms with E-state index in [2.05, 4.69) is 0 Å². The van der Waals surface area contributed by atoms with Crippen LogP contribution < -0.4 is 0 Å². The second-order valence-corrected chi connectivity index (χ2v) is 6.19. The fraction of sp³-hybridized carbons (Fsp3) is 0.588. The van der Waals surface area contributed by atoms with Gasteiger partial charge < -0.3 is 10.0 Å². The zero-order chi connectivity index (χ0) is 17.9. The second kappa shape index (κ2) is 7.53. The van der Waals surface area contributed by atoms with Crippen LogP contribution >= 0.6 is 0 Å². The molecule has 1 amide bonds. The van der Waals surface area contributed by atoms with Crippen LogP contribution in [0.25, 0.3) is 0 Å². The van der Waals surface area contributed by atoms with Crippen LogP contribution in [0.4, 0.5) is 13.2 Å². The van der Waals surface area contributed by atoms with E-state index in [0.717, 1.165) is 16.0 Å². The molecule has 0 aromatic heterocycles. The zero-order valence-corrected chi connectivity index (χ0v) is 13.9. The van der Waals surface area contributed by atoms with E-state index in [-0.39, 0.29) is 13.1 Å². The van der Waals surface area contributed by atoms with E-state index in [9.17, 15) is 23.1 Å². The van der Waals surface area contributed by atoms with Crippen molar-refractivity contribution >= 4 is 5.91 Å². The molecule has 2 rings (SSSR count). The highest BCUT2D eigenvalue weighted by Crippen LogP contribution is 2.25. The lowest BCUT2D eigenvalue weighted by atomic mass is 10.1. The van der Waals surface area contributed by atoms with Crippen LogP contribution in [0.5, 0.6) is 0 Å². The van der Waals surface area contributed by atoms with E-state index in [4.69, 9.17) is 0 Å². The van der Waals surface area contributed by atoms with Crippen LogP contribution in [0.1, 0.15) is 30.6 Å². The summed E-state index contributed by atoms with van der Waals surface area (Å²) in [5, 5.41) is 10.4. The van der Waals surface area contributed by atoms with Crippen molar-refractivity contribution in [2.24, 2.45) is 0 Å². The van der Waals surface area contributed by atoms with Crippen LogP contribution in [0, 0.1) is 6.92 Å². The van der Waals surface area contributed by atoms with Crippen molar-refractivity contribution in [2.75, 3.05) is 26.2 Å². The lowest BCUT2D eigenvalue weighted by Crippen LogP contribution is -2.45. The Balaban J connectivity index is 2.01. The van der Waals surface area contributed by atoms with Crippen molar-refractivity contribution < 1.29 is 23.1 Å². The lowest BCUT2D eigenvalue weighted by molar-refractivity contribution is -0.159. The van der Waals surface area contributed by atoms with Gasteiger partial charge in [0.25, 0.3) is 0 Å². The van der Waals surface area contributed by atoms with Gasteiger partial charge >= 0.3 is 6.18 Å². The predicted molar refractivity (Wildman–Crippen MR) is 84.4 cm³/mol. The van der Waals surface area contributed by atoms with Gasteiger partial charge in [-0.3, -0.25) is 9.69 Å². The van der Waals surface area contributed by atoms with Gasteiger partial charge in [0.2, 0.25) is 5.91 Å². The number of likely N-dealkylation sites (N-methyl/N-ethyl adjacent to an activating group) is 1. The Labute approximate surface area is 139 Å². The minimum atomic E-state index is -4.39. The smallest absolute Gasteiger partial charge is 0.387 e. The maximum Gasteiger partial charge on any atom is 0.406 e. The minimum absolute atomic E-state index is 0.0974. The molecule has 1 aromatic carbocycles. The monoisotopic (exact) mass is 344 g/mol. The number of rotatable bonds is 6. The van der Waals surface area contributed by atoms with Crippen molar-refractivity contribution in [3.05, 3.63) is 35.4 Å². The number of hydrogen-bond acceptors (Lipinski definition) is 3. The average molecular weight is 344 g/mol. The molecule has 0 saturated carbocycles. The normalized spacial score (nSPS) is 20.0. The molecule has 1 aromatic rings. The molecule has 24 heavy (non-hydrogen) atoms. The van der Waals surface area contributed by atoms with Crippen molar-refractivity contribution in [2.45, 2.75) is 38.6 Å². The molecule has 2 atom stereocenters. The molecule has 0 spiro atoms. The Morgan fingerprint density at radius 2 is 1.96 bits per heavy atom. The molecule has 1 heterocycles. The molecule has 0 unspecified atom stereocenters. The van der Waals surface area contributed by atoms with E-state index < -0.39 is 30.8 Å². The van der Waals surface area contributed by atoms with Gasteiger partial charge in [0.05, 0.1) is 12.1 Å². The molecule has 4 nitrogen and oxygen atoms in total. The Kier molecular flexibility index (Phi) is 5.87. The first-order chi connectivity index (χ1) is 11.2. The van der Waals surface area contributed by atoms with Gasteiger partial charge in [0.15, 0.2) is 0 Å². The molecule has 0 aliphatic carbocycles. The molecular formula is C17H23F3N2O2. The first-order valence-electron chi connectivity index (χ1n) is 8.05. The third-order valence-corrected chi connectivity index (χ3v) is 4.36. The molecule has 7 heteroatoms. The summed E-state index contributed by atoms with van der Waals surface area (Å²) in [6.45, 7) is 3.37. The molecular weight excluding hydrogens is 321 g/mol. The summed E-state index contributed by atoms with van der Waals surface area (Å²) < 4.78 is 37.5. The van der Waals surface area contributed by atoms with Crippen molar-refractivity contribution in [1.29, 1.82) is 0 Å². The molecule has 134 valence electrons. The number of aryl methyl sites for hydroxylation is 1. The molecule has 1 aliphatic heterocycles. The number of carbonyl (C=O) groups excluding carboxylic acids is 1. The maximum absolute atomic E-state index is 12.5. The van der Waals surface area contributed by atoms with Gasteiger partial charge in [-0.1, -0.05) is 36.8 Å². The number of nitrogens with zero attached hydrogens (tertiary/aromatic N) is 2. The molecule has 1 aliphatic rings. The zero-order valence-electron chi connectivity index (χ0n) is 13.9. The number of carbonyl (C=O) groups is 1. The van der Waals surface area contributed by atoms with E-state index >= 15 is 0 Å². The quantitative estimate of drug-likeness (QED) is 0.862. The Bertz CT molecular complexity index is 560. The van der Waals surface area contributed by atoms with Crippen LogP contribution in [-0.4, -0.2) is 59.2 Å².